The third-order valence-corrected chi connectivity index (χ3v) is 1.88. The molecule has 0 aromatic rings. The second-order valence-electron chi connectivity index (χ2n) is 4.02. The zero-order valence-electron chi connectivity index (χ0n) is 8.80. The van der Waals surface area contributed by atoms with Crippen LogP contribution in [0.1, 0.15) is 40.0 Å². The Balaban J connectivity index is 3.75. The first-order chi connectivity index (χ1) is 5.98. The van der Waals surface area contributed by atoms with E-state index in [2.05, 4.69) is 25.7 Å². The van der Waals surface area contributed by atoms with Gasteiger partial charge in [-0.1, -0.05) is 32.1 Å². The third kappa shape index (κ3) is 7.83. The minimum Gasteiger partial charge on any atom is -0.384 e. The van der Waals surface area contributed by atoms with E-state index in [1.165, 1.54) is 0 Å². The van der Waals surface area contributed by atoms with Crippen LogP contribution < -0.4 is 0 Å². The van der Waals surface area contributed by atoms with E-state index in [1.807, 2.05) is 0 Å². The van der Waals surface area contributed by atoms with Crippen LogP contribution in [0.25, 0.3) is 0 Å². The van der Waals surface area contributed by atoms with Crippen LogP contribution >= 0.6 is 0 Å². The van der Waals surface area contributed by atoms with Gasteiger partial charge in [-0.3, -0.25) is 0 Å². The summed E-state index contributed by atoms with van der Waals surface area (Å²) >= 11 is 0. The normalized spacial score (nSPS) is 14.9. The van der Waals surface area contributed by atoms with Crippen molar-refractivity contribution in [2.75, 3.05) is 6.61 Å². The Bertz CT molecular complexity index is 184. The highest BCUT2D eigenvalue weighted by molar-refractivity contribution is 5.11. The van der Waals surface area contributed by atoms with Gasteiger partial charge in [-0.25, -0.2) is 0 Å². The molecule has 0 aromatic heterocycles. The number of aliphatic hydroxyl groups excluding tert-OH is 1. The molecule has 0 fully saturated rings. The molecule has 0 aromatic carbocycles. The van der Waals surface area contributed by atoms with E-state index in [0.29, 0.717) is 12.3 Å². The van der Waals surface area contributed by atoms with Crippen LogP contribution in [0.5, 0.6) is 0 Å². The Hall–Kier alpha value is -0.520. The lowest BCUT2D eigenvalue weighted by Crippen LogP contribution is -2.21. The molecular weight excluding hydrogens is 164 g/mol. The van der Waals surface area contributed by atoms with Gasteiger partial charge in [0.2, 0.25) is 0 Å². The van der Waals surface area contributed by atoms with Gasteiger partial charge in [0, 0.05) is 0 Å². The van der Waals surface area contributed by atoms with Crippen molar-refractivity contribution in [3.8, 4) is 11.8 Å². The lowest BCUT2D eigenvalue weighted by atomic mass is 9.96. The van der Waals surface area contributed by atoms with Crippen LogP contribution in [0, 0.1) is 17.8 Å². The first-order valence-corrected chi connectivity index (χ1v) is 4.81. The van der Waals surface area contributed by atoms with Crippen LogP contribution in [-0.4, -0.2) is 22.4 Å². The van der Waals surface area contributed by atoms with Gasteiger partial charge < -0.3 is 10.2 Å². The molecule has 0 rings (SSSR count). The second-order valence-corrected chi connectivity index (χ2v) is 4.02. The van der Waals surface area contributed by atoms with E-state index in [-0.39, 0.29) is 6.61 Å². The van der Waals surface area contributed by atoms with Gasteiger partial charge in [-0.05, 0) is 25.7 Å². The van der Waals surface area contributed by atoms with Crippen LogP contribution in [0.4, 0.5) is 0 Å². The van der Waals surface area contributed by atoms with Crippen molar-refractivity contribution >= 4 is 0 Å². The van der Waals surface area contributed by atoms with Crippen molar-refractivity contribution < 1.29 is 10.2 Å². The minimum atomic E-state index is -0.933. The molecule has 2 heteroatoms. The predicted octanol–water partition coefficient (Wildman–Crippen LogP) is 1.56. The standard InChI is InChI=1S/C11H20O2/c1-10(2)6-4-7-11(3,13)8-5-9-12/h10,12-13H,4,6-7,9H2,1-3H3/t11-/m0/s1. The molecule has 0 spiro atoms. The zero-order chi connectivity index (χ0) is 10.3. The van der Waals surface area contributed by atoms with Crippen LogP contribution in [0.15, 0.2) is 0 Å². The highest BCUT2D eigenvalue weighted by Crippen LogP contribution is 2.15. The van der Waals surface area contributed by atoms with Crippen molar-refractivity contribution in [2.45, 2.75) is 45.6 Å². The fourth-order valence-electron chi connectivity index (χ4n) is 1.15. The van der Waals surface area contributed by atoms with E-state index < -0.39 is 5.60 Å². The zero-order valence-corrected chi connectivity index (χ0v) is 8.80. The maximum Gasteiger partial charge on any atom is 0.122 e. The van der Waals surface area contributed by atoms with Crippen LogP contribution in [-0.2, 0) is 0 Å². The molecule has 2 nitrogen and oxygen atoms in total. The minimum absolute atomic E-state index is 0.180. The van der Waals surface area contributed by atoms with Crippen molar-refractivity contribution in [1.82, 2.24) is 0 Å². The maximum atomic E-state index is 9.67. The van der Waals surface area contributed by atoms with Gasteiger partial charge in [0.25, 0.3) is 0 Å². The molecule has 1 atom stereocenters. The molecule has 13 heavy (non-hydrogen) atoms. The number of aliphatic hydroxyl groups is 2. The number of hydrogen-bond donors (Lipinski definition) is 2. The topological polar surface area (TPSA) is 40.5 Å². The molecule has 0 radical (unpaired) electrons. The first kappa shape index (κ1) is 12.5. The molecule has 0 aliphatic heterocycles. The molecule has 0 unspecified atom stereocenters. The Morgan fingerprint density at radius 3 is 2.46 bits per heavy atom. The van der Waals surface area contributed by atoms with E-state index in [9.17, 15) is 5.11 Å². The molecule has 76 valence electrons. The molecule has 0 saturated carbocycles. The molecular formula is C11H20O2. The average Bonchev–Trinajstić information content (AvgIpc) is 2.00. The van der Waals surface area contributed by atoms with E-state index in [1.54, 1.807) is 6.92 Å². The number of rotatable bonds is 4. The lowest BCUT2D eigenvalue weighted by molar-refractivity contribution is 0.107. The van der Waals surface area contributed by atoms with Crippen molar-refractivity contribution in [1.29, 1.82) is 0 Å². The quantitative estimate of drug-likeness (QED) is 0.651. The maximum absolute atomic E-state index is 9.67. The monoisotopic (exact) mass is 184 g/mol. The summed E-state index contributed by atoms with van der Waals surface area (Å²) in [5, 5.41) is 18.1. The predicted molar refractivity (Wildman–Crippen MR) is 54.2 cm³/mol. The summed E-state index contributed by atoms with van der Waals surface area (Å²) < 4.78 is 0. The molecule has 0 heterocycles. The van der Waals surface area contributed by atoms with Gasteiger partial charge in [-0.2, -0.15) is 0 Å². The fourth-order valence-corrected chi connectivity index (χ4v) is 1.15. The highest BCUT2D eigenvalue weighted by Gasteiger charge is 2.15. The molecule has 0 amide bonds. The fraction of sp³-hybridized carbons (Fsp3) is 0.818. The smallest absolute Gasteiger partial charge is 0.122 e. The molecule has 0 aliphatic carbocycles. The molecule has 0 saturated heterocycles. The van der Waals surface area contributed by atoms with Crippen molar-refractivity contribution in [3.05, 3.63) is 0 Å². The summed E-state index contributed by atoms with van der Waals surface area (Å²) in [6.07, 6.45) is 2.76. The van der Waals surface area contributed by atoms with E-state index in [0.717, 1.165) is 12.8 Å². The van der Waals surface area contributed by atoms with Gasteiger partial charge in [0.1, 0.15) is 12.2 Å². The summed E-state index contributed by atoms with van der Waals surface area (Å²) in [4.78, 5) is 0. The summed E-state index contributed by atoms with van der Waals surface area (Å²) in [6, 6.07) is 0. The van der Waals surface area contributed by atoms with E-state index in [4.69, 9.17) is 5.11 Å². The SMILES string of the molecule is CC(C)CCC[C@](C)(O)C#CCO. The highest BCUT2D eigenvalue weighted by atomic mass is 16.3. The van der Waals surface area contributed by atoms with Crippen LogP contribution in [0.2, 0.25) is 0 Å². The molecule has 0 bridgehead atoms. The van der Waals surface area contributed by atoms with Gasteiger partial charge in [0.15, 0.2) is 0 Å². The third-order valence-electron chi connectivity index (χ3n) is 1.88. The average molecular weight is 184 g/mol. The summed E-state index contributed by atoms with van der Waals surface area (Å²) in [6.45, 7) is 5.83. The second kappa shape index (κ2) is 6.01. The summed E-state index contributed by atoms with van der Waals surface area (Å²) in [5.41, 5.74) is -0.933. The Labute approximate surface area is 81.0 Å². The number of hydrogen-bond acceptors (Lipinski definition) is 2. The van der Waals surface area contributed by atoms with Gasteiger partial charge >= 0.3 is 0 Å². The Morgan fingerprint density at radius 1 is 1.38 bits per heavy atom. The van der Waals surface area contributed by atoms with Crippen molar-refractivity contribution in [3.63, 3.8) is 0 Å². The van der Waals surface area contributed by atoms with E-state index >= 15 is 0 Å². The first-order valence-electron chi connectivity index (χ1n) is 4.81. The molecule has 0 aliphatic rings. The summed E-state index contributed by atoms with van der Waals surface area (Å²) in [7, 11) is 0. The van der Waals surface area contributed by atoms with Gasteiger partial charge in [-0.15, -0.1) is 0 Å². The Kier molecular flexibility index (Phi) is 5.77. The molecule has 2 N–H and O–H groups in total. The van der Waals surface area contributed by atoms with Crippen molar-refractivity contribution in [2.24, 2.45) is 5.92 Å². The summed E-state index contributed by atoms with van der Waals surface area (Å²) in [5.74, 6) is 5.79. The van der Waals surface area contributed by atoms with Crippen LogP contribution in [0.3, 0.4) is 0 Å². The largest absolute Gasteiger partial charge is 0.384 e. The Morgan fingerprint density at radius 2 is 2.00 bits per heavy atom. The lowest BCUT2D eigenvalue weighted by Gasteiger charge is -2.16. The van der Waals surface area contributed by atoms with Gasteiger partial charge in [0.05, 0.1) is 0 Å².